The van der Waals surface area contributed by atoms with Crippen LogP contribution in [0.4, 0.5) is 0 Å². The Hall–Kier alpha value is -3.70. The van der Waals surface area contributed by atoms with Crippen molar-refractivity contribution in [2.24, 2.45) is 0 Å². The molecule has 3 amide bonds. The van der Waals surface area contributed by atoms with Gasteiger partial charge in [0, 0.05) is 12.8 Å². The Bertz CT molecular complexity index is 918. The predicted octanol–water partition coefficient (Wildman–Crippen LogP) is 1.97. The monoisotopic (exact) mass is 393 g/mol. The zero-order valence-corrected chi connectivity index (χ0v) is 15.5. The maximum absolute atomic E-state index is 11.8. The van der Waals surface area contributed by atoms with Crippen molar-refractivity contribution in [2.75, 3.05) is 13.2 Å². The number of amides is 3. The van der Waals surface area contributed by atoms with E-state index in [-0.39, 0.29) is 44.2 Å². The first-order chi connectivity index (χ1) is 14.0. The number of hydroxylamine groups is 2. The highest BCUT2D eigenvalue weighted by molar-refractivity contribution is 6.01. The van der Waals surface area contributed by atoms with E-state index in [1.807, 2.05) is 24.3 Å². The second-order valence-corrected chi connectivity index (χ2v) is 6.56. The molecule has 1 atom stereocenters. The zero-order valence-electron chi connectivity index (χ0n) is 15.5. The number of rotatable bonds is 8. The second kappa shape index (κ2) is 8.99. The van der Waals surface area contributed by atoms with E-state index in [0.29, 0.717) is 16.4 Å². The normalized spacial score (nSPS) is 14.4. The highest BCUT2D eigenvalue weighted by atomic mass is 16.5. The minimum Gasteiger partial charge on any atom is -0.491 e. The largest absolute Gasteiger partial charge is 0.491 e. The molecule has 1 saturated heterocycles. The lowest BCUT2D eigenvalue weighted by atomic mass is 10.0. The minimum absolute atomic E-state index is 0.0947. The van der Waals surface area contributed by atoms with Gasteiger partial charge < -0.3 is 4.74 Å². The number of nitrogens with zero attached hydrogens (tertiary/aromatic N) is 3. The molecule has 1 heterocycles. The van der Waals surface area contributed by atoms with Gasteiger partial charge in [0.1, 0.15) is 18.4 Å². The number of nitriles is 1. The third kappa shape index (κ3) is 4.78. The van der Waals surface area contributed by atoms with Crippen LogP contribution in [0, 0.1) is 11.3 Å². The van der Waals surface area contributed by atoms with Gasteiger partial charge in [0.15, 0.2) is 0 Å². The van der Waals surface area contributed by atoms with Gasteiger partial charge >= 0.3 is 0 Å². The zero-order chi connectivity index (χ0) is 20.8. The predicted molar refractivity (Wildman–Crippen MR) is 102 cm³/mol. The maximum atomic E-state index is 11.8. The fraction of sp³-hybridized carbons (Fsp3) is 0.238. The van der Waals surface area contributed by atoms with E-state index in [2.05, 4.69) is 6.07 Å². The SMILES string of the molecule is N#Cc1ccc(-c2ccc(OC[C@H](CN3C(=O)CCC3=O)N(O)C=O)cc2)cc1. The van der Waals surface area contributed by atoms with Crippen molar-refractivity contribution in [2.45, 2.75) is 18.9 Å². The summed E-state index contributed by atoms with van der Waals surface area (Å²) in [7, 11) is 0. The molecule has 8 heteroatoms. The van der Waals surface area contributed by atoms with Crippen LogP contribution >= 0.6 is 0 Å². The van der Waals surface area contributed by atoms with E-state index in [0.717, 1.165) is 16.0 Å². The van der Waals surface area contributed by atoms with Crippen molar-refractivity contribution in [3.05, 3.63) is 54.1 Å². The van der Waals surface area contributed by atoms with E-state index in [4.69, 9.17) is 10.00 Å². The van der Waals surface area contributed by atoms with Gasteiger partial charge in [-0.25, -0.2) is 5.06 Å². The first-order valence-electron chi connectivity index (χ1n) is 9.01. The summed E-state index contributed by atoms with van der Waals surface area (Å²) in [5, 5.41) is 19.0. The number of hydrogen-bond donors (Lipinski definition) is 1. The van der Waals surface area contributed by atoms with E-state index >= 15 is 0 Å². The van der Waals surface area contributed by atoms with Crippen molar-refractivity contribution in [3.63, 3.8) is 0 Å². The van der Waals surface area contributed by atoms with E-state index in [9.17, 15) is 19.6 Å². The molecule has 0 aliphatic carbocycles. The van der Waals surface area contributed by atoms with E-state index in [1.165, 1.54) is 0 Å². The third-order valence-electron chi connectivity index (χ3n) is 4.67. The summed E-state index contributed by atoms with van der Waals surface area (Å²) in [5.41, 5.74) is 2.46. The summed E-state index contributed by atoms with van der Waals surface area (Å²) in [6, 6.07) is 15.5. The van der Waals surface area contributed by atoms with Crippen molar-refractivity contribution in [1.29, 1.82) is 5.26 Å². The molecule has 1 aliphatic heterocycles. The van der Waals surface area contributed by atoms with Crippen LogP contribution in [-0.4, -0.2) is 52.6 Å². The Kier molecular flexibility index (Phi) is 6.22. The third-order valence-corrected chi connectivity index (χ3v) is 4.67. The molecule has 1 aliphatic rings. The molecule has 8 nitrogen and oxygen atoms in total. The highest BCUT2D eigenvalue weighted by Crippen LogP contribution is 2.23. The minimum atomic E-state index is -0.878. The average Bonchev–Trinajstić information content (AvgIpc) is 3.08. The number of carbonyl (C=O) groups excluding carboxylic acids is 3. The molecule has 0 unspecified atom stereocenters. The smallest absolute Gasteiger partial charge is 0.233 e. The van der Waals surface area contributed by atoms with Gasteiger partial charge in [-0.05, 0) is 35.4 Å². The molecule has 1 N–H and O–H groups in total. The lowest BCUT2D eigenvalue weighted by Gasteiger charge is -2.26. The van der Waals surface area contributed by atoms with Gasteiger partial charge in [0.05, 0.1) is 18.2 Å². The van der Waals surface area contributed by atoms with Gasteiger partial charge in [-0.2, -0.15) is 5.26 Å². The number of likely N-dealkylation sites (tertiary alicyclic amines) is 1. The molecular weight excluding hydrogens is 374 g/mol. The van der Waals surface area contributed by atoms with Crippen LogP contribution in [0.25, 0.3) is 11.1 Å². The van der Waals surface area contributed by atoms with Crippen LogP contribution in [0.2, 0.25) is 0 Å². The summed E-state index contributed by atoms with van der Waals surface area (Å²) in [6.45, 7) is -0.223. The van der Waals surface area contributed by atoms with E-state index in [1.54, 1.807) is 24.3 Å². The van der Waals surface area contributed by atoms with Crippen LogP contribution in [0.1, 0.15) is 18.4 Å². The number of imide groups is 1. The van der Waals surface area contributed by atoms with Crippen molar-refractivity contribution in [3.8, 4) is 22.9 Å². The molecule has 0 bridgehead atoms. The number of carbonyl (C=O) groups is 3. The lowest BCUT2D eigenvalue weighted by molar-refractivity contribution is -0.167. The summed E-state index contributed by atoms with van der Waals surface area (Å²) < 4.78 is 5.65. The molecular formula is C21H19N3O5. The Balaban J connectivity index is 1.64. The summed E-state index contributed by atoms with van der Waals surface area (Å²) >= 11 is 0. The van der Waals surface area contributed by atoms with Crippen molar-refractivity contribution < 1.29 is 24.3 Å². The Morgan fingerprint density at radius 2 is 1.62 bits per heavy atom. The van der Waals surface area contributed by atoms with Gasteiger partial charge in [-0.3, -0.25) is 24.5 Å². The fourth-order valence-corrected chi connectivity index (χ4v) is 3.01. The van der Waals surface area contributed by atoms with Gasteiger partial charge in [0.25, 0.3) is 0 Å². The Morgan fingerprint density at radius 3 is 2.14 bits per heavy atom. The van der Waals surface area contributed by atoms with Crippen molar-refractivity contribution >= 4 is 18.2 Å². The maximum Gasteiger partial charge on any atom is 0.233 e. The number of ether oxygens (including phenoxy) is 1. The molecule has 3 rings (SSSR count). The second-order valence-electron chi connectivity index (χ2n) is 6.56. The lowest BCUT2D eigenvalue weighted by Crippen LogP contribution is -2.47. The van der Waals surface area contributed by atoms with Crippen molar-refractivity contribution in [1.82, 2.24) is 9.96 Å². The Labute approximate surface area is 167 Å². The fourth-order valence-electron chi connectivity index (χ4n) is 3.01. The quantitative estimate of drug-likeness (QED) is 0.318. The molecule has 1 fully saturated rings. The van der Waals surface area contributed by atoms with Gasteiger partial charge in [-0.15, -0.1) is 0 Å². The molecule has 0 spiro atoms. The van der Waals surface area contributed by atoms with Crippen LogP contribution in [0.15, 0.2) is 48.5 Å². The van der Waals surface area contributed by atoms with Crippen LogP contribution in [0.3, 0.4) is 0 Å². The van der Waals surface area contributed by atoms with Gasteiger partial charge in [-0.1, -0.05) is 24.3 Å². The molecule has 2 aromatic rings. The molecule has 148 valence electrons. The summed E-state index contributed by atoms with van der Waals surface area (Å²) in [4.78, 5) is 35.5. The highest BCUT2D eigenvalue weighted by Gasteiger charge is 2.32. The summed E-state index contributed by atoms with van der Waals surface area (Å²) in [5.74, 6) is -0.150. The number of hydrogen-bond acceptors (Lipinski definition) is 6. The molecule has 29 heavy (non-hydrogen) atoms. The standard InChI is InChI=1S/C21H19N3O5/c22-11-15-1-3-16(4-2-15)17-5-7-19(8-6-17)29-13-18(24(28)14-25)12-23-20(26)9-10-21(23)27/h1-8,14,18,28H,9-10,12-13H2/t18-/m0/s1. The van der Waals surface area contributed by atoms with Crippen LogP contribution in [0.5, 0.6) is 5.75 Å². The molecule has 0 saturated carbocycles. The summed E-state index contributed by atoms with van der Waals surface area (Å²) in [6.07, 6.45) is 0.485. The van der Waals surface area contributed by atoms with Crippen LogP contribution in [-0.2, 0) is 14.4 Å². The van der Waals surface area contributed by atoms with Crippen LogP contribution < -0.4 is 4.74 Å². The first kappa shape index (κ1) is 20.0. The molecule has 0 aromatic heterocycles. The number of benzene rings is 2. The Morgan fingerprint density at radius 1 is 1.07 bits per heavy atom. The van der Waals surface area contributed by atoms with E-state index < -0.39 is 6.04 Å². The first-order valence-corrected chi connectivity index (χ1v) is 9.01. The molecule has 2 aromatic carbocycles. The van der Waals surface area contributed by atoms with Gasteiger partial charge in [0.2, 0.25) is 18.2 Å². The average molecular weight is 393 g/mol. The topological polar surface area (TPSA) is 111 Å². The molecule has 0 radical (unpaired) electrons.